The van der Waals surface area contributed by atoms with Crippen molar-refractivity contribution in [2.75, 3.05) is 0 Å². The van der Waals surface area contributed by atoms with Crippen LogP contribution in [0.2, 0.25) is 10.0 Å². The van der Waals surface area contributed by atoms with Crippen LogP contribution in [0, 0.1) is 0 Å². The molecule has 2 aliphatic rings. The minimum absolute atomic E-state index is 0.763. The topological polar surface area (TPSA) is 33.2 Å². The molecule has 2 fully saturated rings. The van der Waals surface area contributed by atoms with Gasteiger partial charge in [0.2, 0.25) is 0 Å². The number of halogens is 2. The zero-order chi connectivity index (χ0) is 18.6. The minimum Gasteiger partial charge on any atom is -0.339 e. The Bertz CT molecular complexity index is 671. The number of benzene rings is 2. The normalized spacial score (nSPS) is 27.5. The average Bonchev–Trinajstić information content (AvgIpc) is 2.69. The molecule has 2 aromatic rings. The maximum atomic E-state index is 5.99. The van der Waals surface area contributed by atoms with Crippen molar-refractivity contribution in [3.63, 3.8) is 0 Å². The van der Waals surface area contributed by atoms with Crippen LogP contribution in [-0.4, -0.2) is 22.6 Å². The highest BCUT2D eigenvalue weighted by atomic mass is 35.5. The smallest absolute Gasteiger partial charge is 0.101 e. The van der Waals surface area contributed by atoms with Crippen molar-refractivity contribution in [2.45, 2.75) is 61.4 Å². The Labute approximate surface area is 176 Å². The molecule has 2 saturated heterocycles. The fourth-order valence-electron chi connectivity index (χ4n) is 4.43. The minimum atomic E-state index is 0.763. The van der Waals surface area contributed by atoms with Gasteiger partial charge in [0.15, 0.2) is 0 Å². The summed E-state index contributed by atoms with van der Waals surface area (Å²) in [6.07, 6.45) is 5.40. The SMILES string of the molecule is Clc1ccc(C[NH2+][C@@H]2CC[C@H]3S[C@@H]2CC[C@H]3[NH2+]Cc2ccc(Cl)cc2)cc1. The molecule has 5 heteroatoms. The molecule has 4 atom stereocenters. The molecule has 0 radical (unpaired) electrons. The van der Waals surface area contributed by atoms with Gasteiger partial charge in [0, 0.05) is 34.0 Å². The van der Waals surface area contributed by atoms with Gasteiger partial charge in [-0.05, 0) is 37.1 Å². The van der Waals surface area contributed by atoms with Crippen molar-refractivity contribution in [2.24, 2.45) is 0 Å². The summed E-state index contributed by atoms with van der Waals surface area (Å²) < 4.78 is 0. The molecule has 0 spiro atoms. The Morgan fingerprint density at radius 2 is 1.07 bits per heavy atom. The fourth-order valence-corrected chi connectivity index (χ4v) is 6.57. The first-order valence-corrected chi connectivity index (χ1v) is 11.7. The van der Waals surface area contributed by atoms with Gasteiger partial charge in [-0.1, -0.05) is 47.5 Å². The lowest BCUT2D eigenvalue weighted by molar-refractivity contribution is -0.713. The lowest BCUT2D eigenvalue weighted by Gasteiger charge is -2.41. The highest BCUT2D eigenvalue weighted by Crippen LogP contribution is 2.39. The second kappa shape index (κ2) is 9.19. The monoisotopic (exact) mass is 422 g/mol. The van der Waals surface area contributed by atoms with Crippen LogP contribution < -0.4 is 10.6 Å². The summed E-state index contributed by atoms with van der Waals surface area (Å²) in [6.45, 7) is 2.13. The van der Waals surface area contributed by atoms with Crippen molar-refractivity contribution in [3.8, 4) is 0 Å². The number of fused-ring (bicyclic) bond motifs is 2. The second-order valence-electron chi connectivity index (χ2n) is 7.83. The largest absolute Gasteiger partial charge is 0.339 e. The van der Waals surface area contributed by atoms with E-state index >= 15 is 0 Å². The van der Waals surface area contributed by atoms with E-state index in [0.29, 0.717) is 0 Å². The molecule has 2 nitrogen and oxygen atoms in total. The number of nitrogens with two attached hydrogens (primary N) is 2. The molecule has 2 aromatic carbocycles. The predicted octanol–water partition coefficient (Wildman–Crippen LogP) is 3.62. The molecular weight excluding hydrogens is 395 g/mol. The van der Waals surface area contributed by atoms with Gasteiger partial charge < -0.3 is 10.6 Å². The summed E-state index contributed by atoms with van der Waals surface area (Å²) in [5.74, 6) is 0. The van der Waals surface area contributed by atoms with Gasteiger partial charge in [-0.2, -0.15) is 0 Å². The van der Waals surface area contributed by atoms with Crippen molar-refractivity contribution in [3.05, 3.63) is 69.7 Å². The Hall–Kier alpha value is -0.710. The summed E-state index contributed by atoms with van der Waals surface area (Å²) in [7, 11) is 0. The van der Waals surface area contributed by atoms with E-state index in [-0.39, 0.29) is 0 Å². The number of quaternary nitrogens is 2. The molecule has 4 N–H and O–H groups in total. The Balaban J connectivity index is 1.25. The van der Waals surface area contributed by atoms with E-state index in [0.717, 1.165) is 45.7 Å². The molecule has 2 aliphatic heterocycles. The third kappa shape index (κ3) is 5.21. The summed E-state index contributed by atoms with van der Waals surface area (Å²) >= 11 is 14.2. The van der Waals surface area contributed by atoms with E-state index in [1.54, 1.807) is 0 Å². The summed E-state index contributed by atoms with van der Waals surface area (Å²) in [6, 6.07) is 18.1. The Kier molecular flexibility index (Phi) is 6.67. The van der Waals surface area contributed by atoms with Crippen LogP contribution in [0.15, 0.2) is 48.5 Å². The van der Waals surface area contributed by atoms with Gasteiger partial charge in [-0.15, -0.1) is 11.8 Å². The predicted molar refractivity (Wildman–Crippen MR) is 115 cm³/mol. The number of thioether (sulfide) groups is 1. The van der Waals surface area contributed by atoms with Crippen LogP contribution in [0.3, 0.4) is 0 Å². The Morgan fingerprint density at radius 3 is 1.48 bits per heavy atom. The zero-order valence-corrected chi connectivity index (χ0v) is 17.8. The molecule has 0 amide bonds. The van der Waals surface area contributed by atoms with Crippen molar-refractivity contribution < 1.29 is 10.6 Å². The van der Waals surface area contributed by atoms with Crippen molar-refractivity contribution in [1.82, 2.24) is 0 Å². The lowest BCUT2D eigenvalue weighted by atomic mass is 9.91. The lowest BCUT2D eigenvalue weighted by Crippen LogP contribution is -2.94. The number of rotatable bonds is 6. The van der Waals surface area contributed by atoms with Gasteiger partial charge in [-0.25, -0.2) is 0 Å². The van der Waals surface area contributed by atoms with E-state index < -0.39 is 0 Å². The molecule has 0 aromatic heterocycles. The third-order valence-electron chi connectivity index (χ3n) is 6.01. The summed E-state index contributed by atoms with van der Waals surface area (Å²) in [5.41, 5.74) is 2.74. The van der Waals surface area contributed by atoms with Gasteiger partial charge in [0.05, 0.1) is 22.6 Å². The van der Waals surface area contributed by atoms with Crippen molar-refractivity contribution >= 4 is 35.0 Å². The van der Waals surface area contributed by atoms with E-state index in [2.05, 4.69) is 46.7 Å². The van der Waals surface area contributed by atoms with Crippen LogP contribution in [0.25, 0.3) is 0 Å². The van der Waals surface area contributed by atoms with E-state index in [1.807, 2.05) is 24.3 Å². The molecule has 0 aliphatic carbocycles. The van der Waals surface area contributed by atoms with Gasteiger partial charge in [0.25, 0.3) is 0 Å². The average molecular weight is 423 g/mol. The zero-order valence-electron chi connectivity index (χ0n) is 15.5. The van der Waals surface area contributed by atoms with Crippen LogP contribution in [0.5, 0.6) is 0 Å². The van der Waals surface area contributed by atoms with E-state index in [9.17, 15) is 0 Å². The van der Waals surface area contributed by atoms with E-state index in [4.69, 9.17) is 23.2 Å². The molecule has 144 valence electrons. The van der Waals surface area contributed by atoms with Crippen LogP contribution in [0.4, 0.5) is 0 Å². The van der Waals surface area contributed by atoms with Gasteiger partial charge >= 0.3 is 0 Å². The fraction of sp³-hybridized carbons (Fsp3) is 0.455. The summed E-state index contributed by atoms with van der Waals surface area (Å²) in [5, 5.41) is 8.41. The highest BCUT2D eigenvalue weighted by Gasteiger charge is 2.42. The maximum absolute atomic E-state index is 5.99. The molecule has 4 rings (SSSR count). The first-order chi connectivity index (χ1) is 13.2. The van der Waals surface area contributed by atoms with Crippen LogP contribution in [-0.2, 0) is 13.1 Å². The van der Waals surface area contributed by atoms with Crippen LogP contribution >= 0.6 is 35.0 Å². The quantitative estimate of drug-likeness (QED) is 0.731. The highest BCUT2D eigenvalue weighted by molar-refractivity contribution is 8.00. The second-order valence-corrected chi connectivity index (χ2v) is 10.2. The van der Waals surface area contributed by atoms with Gasteiger partial charge in [-0.3, -0.25) is 0 Å². The molecule has 2 bridgehead atoms. The number of hydrogen-bond donors (Lipinski definition) is 2. The van der Waals surface area contributed by atoms with Crippen molar-refractivity contribution in [1.29, 1.82) is 0 Å². The molecule has 27 heavy (non-hydrogen) atoms. The molecule has 0 saturated carbocycles. The Morgan fingerprint density at radius 1 is 0.667 bits per heavy atom. The summed E-state index contributed by atoms with van der Waals surface area (Å²) in [4.78, 5) is 0. The van der Waals surface area contributed by atoms with Gasteiger partial charge in [0.1, 0.15) is 13.1 Å². The first-order valence-electron chi connectivity index (χ1n) is 9.98. The first kappa shape index (κ1) is 19.6. The molecular formula is C22H28Cl2N2S+2. The van der Waals surface area contributed by atoms with E-state index in [1.165, 1.54) is 36.8 Å². The standard InChI is InChI=1S/C22H26Cl2N2S/c23-17-5-1-15(2-6-17)13-25-19-9-11-22-20(10-12-21(19)27-22)26-14-16-3-7-18(24)8-4-16/h1-8,19-22,25-26H,9-14H2/p+2/t19-,20-,21-,22-/m1/s1. The van der Waals surface area contributed by atoms with Crippen LogP contribution in [0.1, 0.15) is 36.8 Å². The molecule has 2 heterocycles. The number of hydrogen-bond acceptors (Lipinski definition) is 1. The third-order valence-corrected chi connectivity index (χ3v) is 8.39. The molecule has 0 unspecified atom stereocenters. The maximum Gasteiger partial charge on any atom is 0.101 e.